The summed E-state index contributed by atoms with van der Waals surface area (Å²) >= 11 is 3.55. The number of benzene rings is 1. The molecule has 1 heterocycles. The Morgan fingerprint density at radius 1 is 1.38 bits per heavy atom. The first kappa shape index (κ1) is 21.5. The number of hydrogen-bond donors (Lipinski definition) is 2. The van der Waals surface area contributed by atoms with Gasteiger partial charge in [-0.15, -0.1) is 0 Å². The molecular formula is C16H27N3OS. The molecule has 118 valence electrons. The highest BCUT2D eigenvalue weighted by Crippen LogP contribution is 2.21. The normalized spacial score (nSPS) is 11.5. The summed E-state index contributed by atoms with van der Waals surface area (Å²) in [5.41, 5.74) is 2.10. The molecule has 0 atom stereocenters. The van der Waals surface area contributed by atoms with Crippen LogP contribution in [0, 0.1) is 0 Å². The number of hydrogen-bond acceptors (Lipinski definition) is 3. The van der Waals surface area contributed by atoms with E-state index in [-0.39, 0.29) is 6.03 Å². The van der Waals surface area contributed by atoms with Crippen LogP contribution in [-0.2, 0) is 6.54 Å². The Labute approximate surface area is 134 Å². The average Bonchev–Trinajstić information content (AvgIpc) is 2.51. The van der Waals surface area contributed by atoms with Gasteiger partial charge in [-0.2, -0.15) is 12.6 Å². The Kier molecular flexibility index (Phi) is 15.0. The molecule has 4 nitrogen and oxygen atoms in total. The van der Waals surface area contributed by atoms with Crippen LogP contribution in [0.4, 0.5) is 10.5 Å². The van der Waals surface area contributed by atoms with Crippen molar-refractivity contribution in [2.75, 3.05) is 19.4 Å². The number of nitrogens with zero attached hydrogens (tertiary/aromatic N) is 2. The van der Waals surface area contributed by atoms with Gasteiger partial charge in [0, 0.05) is 26.3 Å². The fraction of sp³-hybridized carbons (Fsp3) is 0.375. The number of thiol groups is 1. The van der Waals surface area contributed by atoms with Crippen molar-refractivity contribution in [3.05, 3.63) is 41.8 Å². The Morgan fingerprint density at radius 3 is 2.33 bits per heavy atom. The maximum atomic E-state index is 11.2. The van der Waals surface area contributed by atoms with Crippen LogP contribution >= 0.6 is 12.6 Å². The lowest BCUT2D eigenvalue weighted by Crippen LogP contribution is -2.35. The highest BCUT2D eigenvalue weighted by atomic mass is 32.1. The maximum Gasteiger partial charge on any atom is 0.321 e. The van der Waals surface area contributed by atoms with Crippen molar-refractivity contribution in [1.29, 1.82) is 0 Å². The Hall–Kier alpha value is -1.75. The van der Waals surface area contributed by atoms with Crippen molar-refractivity contribution in [2.24, 2.45) is 4.99 Å². The Balaban J connectivity index is 0. The number of para-hydroxylation sites is 1. The number of nitrogens with one attached hydrogen (secondary N) is 1. The Morgan fingerprint density at radius 2 is 1.86 bits per heavy atom. The minimum Gasteiger partial charge on any atom is -0.323 e. The smallest absolute Gasteiger partial charge is 0.321 e. The van der Waals surface area contributed by atoms with Crippen LogP contribution in [0.5, 0.6) is 0 Å². The molecule has 5 heteroatoms. The molecule has 21 heavy (non-hydrogen) atoms. The van der Waals surface area contributed by atoms with E-state index in [1.54, 1.807) is 25.2 Å². The lowest BCUT2D eigenvalue weighted by atomic mass is 10.1. The monoisotopic (exact) mass is 309 g/mol. The summed E-state index contributed by atoms with van der Waals surface area (Å²) in [5.74, 6) is 0. The van der Waals surface area contributed by atoms with Gasteiger partial charge < -0.3 is 15.2 Å². The summed E-state index contributed by atoms with van der Waals surface area (Å²) in [6, 6.07) is 7.80. The molecule has 1 aliphatic heterocycles. The van der Waals surface area contributed by atoms with Crippen molar-refractivity contribution in [3.63, 3.8) is 0 Å². The molecule has 0 fully saturated rings. The molecule has 0 spiro atoms. The molecule has 2 rings (SSSR count). The largest absolute Gasteiger partial charge is 0.323 e. The van der Waals surface area contributed by atoms with Crippen molar-refractivity contribution in [3.8, 4) is 0 Å². The molecule has 1 aromatic rings. The highest BCUT2D eigenvalue weighted by molar-refractivity contribution is 7.83. The van der Waals surface area contributed by atoms with E-state index in [0.717, 1.165) is 5.69 Å². The van der Waals surface area contributed by atoms with Gasteiger partial charge in [0.15, 0.2) is 0 Å². The van der Waals surface area contributed by atoms with Gasteiger partial charge in [0.1, 0.15) is 0 Å². The predicted octanol–water partition coefficient (Wildman–Crippen LogP) is 4.46. The molecule has 0 saturated heterocycles. The van der Waals surface area contributed by atoms with Crippen LogP contribution in [-0.4, -0.2) is 31.2 Å². The molecule has 1 aliphatic rings. The van der Waals surface area contributed by atoms with Crippen LogP contribution in [0.1, 0.15) is 26.3 Å². The first-order valence-electron chi connectivity index (χ1n) is 6.82. The summed E-state index contributed by atoms with van der Waals surface area (Å²) in [6.45, 7) is 9.81. The number of amides is 2. The Bertz CT molecular complexity index is 429. The molecule has 0 radical (unpaired) electrons. The molecular weight excluding hydrogens is 282 g/mol. The summed E-state index contributed by atoms with van der Waals surface area (Å²) in [6.07, 6.45) is 1.75. The first-order valence-corrected chi connectivity index (χ1v) is 7.34. The van der Waals surface area contributed by atoms with Crippen molar-refractivity contribution >= 4 is 30.6 Å². The third-order valence-corrected chi connectivity index (χ3v) is 2.27. The summed E-state index contributed by atoms with van der Waals surface area (Å²) in [7, 11) is 3.53. The average molecular weight is 309 g/mol. The predicted molar refractivity (Wildman–Crippen MR) is 97.5 cm³/mol. The molecule has 0 aliphatic carbocycles. The molecule has 0 saturated carbocycles. The van der Waals surface area contributed by atoms with Crippen LogP contribution in [0.2, 0.25) is 0 Å². The third-order valence-electron chi connectivity index (χ3n) is 2.27. The second-order valence-electron chi connectivity index (χ2n) is 3.64. The molecule has 0 aromatic heterocycles. The second kappa shape index (κ2) is 14.7. The highest BCUT2D eigenvalue weighted by Gasteiger charge is 2.17. The van der Waals surface area contributed by atoms with Gasteiger partial charge in [0.2, 0.25) is 0 Å². The number of rotatable bonds is 0. The quantitative estimate of drug-likeness (QED) is 0.539. The van der Waals surface area contributed by atoms with Gasteiger partial charge in [-0.3, -0.25) is 0 Å². The molecule has 1 N–H and O–H groups in total. The second-order valence-corrected chi connectivity index (χ2v) is 4.01. The van der Waals surface area contributed by atoms with E-state index in [0.29, 0.717) is 6.54 Å². The van der Waals surface area contributed by atoms with E-state index in [1.165, 1.54) is 11.0 Å². The summed E-state index contributed by atoms with van der Waals surface area (Å²) in [5, 5.41) is 4.24. The molecule has 2 amide bonds. The zero-order valence-corrected chi connectivity index (χ0v) is 14.5. The van der Waals surface area contributed by atoms with E-state index in [9.17, 15) is 4.79 Å². The van der Waals surface area contributed by atoms with E-state index in [4.69, 9.17) is 0 Å². The van der Waals surface area contributed by atoms with Gasteiger partial charge in [-0.1, -0.05) is 38.6 Å². The minimum absolute atomic E-state index is 0.0336. The lowest BCUT2D eigenvalue weighted by molar-refractivity contribution is 0.218. The lowest BCUT2D eigenvalue weighted by Gasteiger charge is -2.25. The van der Waals surface area contributed by atoms with Crippen LogP contribution in [0.15, 0.2) is 41.2 Å². The fourth-order valence-corrected chi connectivity index (χ4v) is 1.32. The zero-order valence-electron chi connectivity index (χ0n) is 13.6. The number of carbonyl (C=O) groups excluding carboxylic acids is 1. The SMILES string of the molecule is C=CS.CC.CC=NC.CN1Cc2ccccc2NC1=O. The number of anilines is 1. The number of aliphatic imine (C=N–C) groups is 1. The first-order chi connectivity index (χ1) is 10.1. The van der Waals surface area contributed by atoms with Crippen LogP contribution in [0.25, 0.3) is 0 Å². The maximum absolute atomic E-state index is 11.2. The van der Waals surface area contributed by atoms with Gasteiger partial charge in [-0.25, -0.2) is 4.79 Å². The topological polar surface area (TPSA) is 44.7 Å². The van der Waals surface area contributed by atoms with Crippen molar-refractivity contribution in [2.45, 2.75) is 27.3 Å². The van der Waals surface area contributed by atoms with Gasteiger partial charge in [0.25, 0.3) is 0 Å². The fourth-order valence-electron chi connectivity index (χ4n) is 1.32. The third kappa shape index (κ3) is 9.73. The molecule has 0 unspecified atom stereocenters. The van der Waals surface area contributed by atoms with Crippen molar-refractivity contribution < 1.29 is 4.79 Å². The van der Waals surface area contributed by atoms with Crippen LogP contribution < -0.4 is 5.32 Å². The number of urea groups is 1. The molecule has 0 bridgehead atoms. The summed E-state index contributed by atoms with van der Waals surface area (Å²) in [4.78, 5) is 16.4. The standard InChI is InChI=1S/C9H10N2O.C3H7N.C2H4S.C2H6/c1-11-6-7-4-2-3-5-8(7)10-9(11)12;1-3-4-2;1-2-3;1-2/h2-5H,6H2,1H3,(H,10,12);3H,1-2H3;2-3H,1H2;1-2H3. The van der Waals surface area contributed by atoms with Gasteiger partial charge >= 0.3 is 6.03 Å². The van der Waals surface area contributed by atoms with Gasteiger partial charge in [0.05, 0.1) is 0 Å². The summed E-state index contributed by atoms with van der Waals surface area (Å²) < 4.78 is 0. The van der Waals surface area contributed by atoms with Crippen molar-refractivity contribution in [1.82, 2.24) is 4.90 Å². The minimum atomic E-state index is -0.0336. The number of fused-ring (bicyclic) bond motifs is 1. The van der Waals surface area contributed by atoms with E-state index in [1.807, 2.05) is 45.0 Å². The zero-order chi connectivity index (χ0) is 16.7. The van der Waals surface area contributed by atoms with E-state index >= 15 is 0 Å². The van der Waals surface area contributed by atoms with Crippen LogP contribution in [0.3, 0.4) is 0 Å². The number of carbonyl (C=O) groups is 1. The molecule has 1 aromatic carbocycles. The van der Waals surface area contributed by atoms with E-state index < -0.39 is 0 Å². The van der Waals surface area contributed by atoms with Gasteiger partial charge in [-0.05, 0) is 30.2 Å². The van der Waals surface area contributed by atoms with E-state index in [2.05, 4.69) is 29.5 Å².